The van der Waals surface area contributed by atoms with Crippen molar-refractivity contribution >= 4 is 11.0 Å². The average molecular weight is 292 g/mol. The molecule has 2 heterocycles. The number of imidazole rings is 1. The molecule has 0 amide bonds. The van der Waals surface area contributed by atoms with Crippen LogP contribution in [0.4, 0.5) is 0 Å². The molecule has 4 heteroatoms. The van der Waals surface area contributed by atoms with Gasteiger partial charge in [0.15, 0.2) is 0 Å². The van der Waals surface area contributed by atoms with Gasteiger partial charge in [-0.25, -0.2) is 9.97 Å². The van der Waals surface area contributed by atoms with Crippen LogP contribution in [0.25, 0.3) is 16.9 Å². The fraction of sp³-hybridized carbons (Fsp3) is 0.333. The summed E-state index contributed by atoms with van der Waals surface area (Å²) < 4.78 is 2.08. The summed E-state index contributed by atoms with van der Waals surface area (Å²) in [6.45, 7) is 0.861. The van der Waals surface area contributed by atoms with Crippen molar-refractivity contribution in [3.63, 3.8) is 0 Å². The van der Waals surface area contributed by atoms with Crippen molar-refractivity contribution < 1.29 is 0 Å². The number of rotatable bonds is 4. The van der Waals surface area contributed by atoms with Crippen LogP contribution in [0.3, 0.4) is 0 Å². The fourth-order valence-electron chi connectivity index (χ4n) is 3.30. The normalized spacial score (nSPS) is 15.6. The first-order valence-corrected chi connectivity index (χ1v) is 8.01. The van der Waals surface area contributed by atoms with E-state index in [4.69, 9.17) is 0 Å². The molecule has 1 N–H and O–H groups in total. The SMILES string of the molecule is c1cnc(-n2cnc3ccccc32)c(CNC2CCCC2)c1. The molecule has 4 nitrogen and oxygen atoms in total. The molecule has 4 rings (SSSR count). The summed E-state index contributed by atoms with van der Waals surface area (Å²) in [7, 11) is 0. The number of hydrogen-bond donors (Lipinski definition) is 1. The van der Waals surface area contributed by atoms with Crippen LogP contribution in [0, 0.1) is 0 Å². The molecule has 2 aromatic heterocycles. The Labute approximate surface area is 130 Å². The summed E-state index contributed by atoms with van der Waals surface area (Å²) in [5, 5.41) is 3.67. The molecule has 0 unspecified atom stereocenters. The van der Waals surface area contributed by atoms with Crippen LogP contribution in [0.5, 0.6) is 0 Å². The van der Waals surface area contributed by atoms with Crippen LogP contribution in [0.2, 0.25) is 0 Å². The van der Waals surface area contributed by atoms with E-state index in [-0.39, 0.29) is 0 Å². The van der Waals surface area contributed by atoms with Crippen molar-refractivity contribution in [1.29, 1.82) is 0 Å². The second-order valence-corrected chi connectivity index (χ2v) is 5.95. The van der Waals surface area contributed by atoms with Gasteiger partial charge >= 0.3 is 0 Å². The number of aromatic nitrogens is 3. The maximum absolute atomic E-state index is 4.60. The van der Waals surface area contributed by atoms with Gasteiger partial charge in [0.2, 0.25) is 0 Å². The summed E-state index contributed by atoms with van der Waals surface area (Å²) >= 11 is 0. The molecule has 0 spiro atoms. The van der Waals surface area contributed by atoms with Gasteiger partial charge in [0.05, 0.1) is 11.0 Å². The van der Waals surface area contributed by atoms with E-state index in [0.717, 1.165) is 23.4 Å². The molecule has 1 aliphatic carbocycles. The maximum Gasteiger partial charge on any atom is 0.142 e. The zero-order valence-corrected chi connectivity index (χ0v) is 12.6. The lowest BCUT2D eigenvalue weighted by Gasteiger charge is -2.14. The molecule has 0 aliphatic heterocycles. The van der Waals surface area contributed by atoms with Gasteiger partial charge in [0.1, 0.15) is 12.1 Å². The van der Waals surface area contributed by atoms with Crippen LogP contribution in [0.15, 0.2) is 48.9 Å². The summed E-state index contributed by atoms with van der Waals surface area (Å²) in [5.74, 6) is 0.974. The highest BCUT2D eigenvalue weighted by molar-refractivity contribution is 5.77. The van der Waals surface area contributed by atoms with Crippen molar-refractivity contribution in [2.24, 2.45) is 0 Å². The second kappa shape index (κ2) is 5.89. The molecule has 22 heavy (non-hydrogen) atoms. The first-order valence-electron chi connectivity index (χ1n) is 8.01. The Morgan fingerprint density at radius 1 is 1.05 bits per heavy atom. The lowest BCUT2D eigenvalue weighted by molar-refractivity contribution is 0.523. The number of fused-ring (bicyclic) bond motifs is 1. The summed E-state index contributed by atoms with van der Waals surface area (Å²) in [6.07, 6.45) is 9.01. The minimum atomic E-state index is 0.660. The molecule has 1 fully saturated rings. The molecular weight excluding hydrogens is 272 g/mol. The smallest absolute Gasteiger partial charge is 0.142 e. The predicted molar refractivity (Wildman–Crippen MR) is 88.0 cm³/mol. The Bertz CT molecular complexity index is 771. The molecular formula is C18H20N4. The van der Waals surface area contributed by atoms with Crippen LogP contribution in [0.1, 0.15) is 31.2 Å². The van der Waals surface area contributed by atoms with E-state index >= 15 is 0 Å². The van der Waals surface area contributed by atoms with Crippen molar-refractivity contribution in [2.45, 2.75) is 38.3 Å². The zero-order chi connectivity index (χ0) is 14.8. The van der Waals surface area contributed by atoms with Crippen molar-refractivity contribution in [3.8, 4) is 5.82 Å². The van der Waals surface area contributed by atoms with Crippen LogP contribution >= 0.6 is 0 Å². The molecule has 0 radical (unpaired) electrons. The van der Waals surface area contributed by atoms with E-state index in [1.807, 2.05) is 36.8 Å². The van der Waals surface area contributed by atoms with Gasteiger partial charge in [-0.1, -0.05) is 31.0 Å². The highest BCUT2D eigenvalue weighted by Gasteiger charge is 2.15. The third-order valence-corrected chi connectivity index (χ3v) is 4.49. The number of nitrogens with zero attached hydrogens (tertiary/aromatic N) is 3. The first-order chi connectivity index (χ1) is 10.9. The lowest BCUT2D eigenvalue weighted by atomic mass is 10.2. The number of benzene rings is 1. The quantitative estimate of drug-likeness (QED) is 0.801. The number of para-hydroxylation sites is 2. The Balaban J connectivity index is 1.66. The molecule has 1 aliphatic rings. The van der Waals surface area contributed by atoms with E-state index in [9.17, 15) is 0 Å². The van der Waals surface area contributed by atoms with Gasteiger partial charge < -0.3 is 5.32 Å². The third-order valence-electron chi connectivity index (χ3n) is 4.49. The predicted octanol–water partition coefficient (Wildman–Crippen LogP) is 3.45. The van der Waals surface area contributed by atoms with Gasteiger partial charge in [0.25, 0.3) is 0 Å². The fourth-order valence-corrected chi connectivity index (χ4v) is 3.30. The lowest BCUT2D eigenvalue weighted by Crippen LogP contribution is -2.26. The highest BCUT2D eigenvalue weighted by atomic mass is 15.1. The number of nitrogens with one attached hydrogen (secondary N) is 1. The average Bonchev–Trinajstić information content (AvgIpc) is 3.23. The Hall–Kier alpha value is -2.20. The van der Waals surface area contributed by atoms with Gasteiger partial charge in [-0.15, -0.1) is 0 Å². The molecule has 1 saturated carbocycles. The van der Waals surface area contributed by atoms with Crippen LogP contribution < -0.4 is 5.32 Å². The van der Waals surface area contributed by atoms with Gasteiger partial charge in [-0.2, -0.15) is 0 Å². The van der Waals surface area contributed by atoms with E-state index in [0.29, 0.717) is 6.04 Å². The zero-order valence-electron chi connectivity index (χ0n) is 12.6. The van der Waals surface area contributed by atoms with Crippen LogP contribution in [-0.2, 0) is 6.54 Å². The number of hydrogen-bond acceptors (Lipinski definition) is 3. The van der Waals surface area contributed by atoms with E-state index in [1.165, 1.54) is 31.2 Å². The summed E-state index contributed by atoms with van der Waals surface area (Å²) in [6, 6.07) is 13.0. The van der Waals surface area contributed by atoms with Gasteiger partial charge in [-0.05, 0) is 31.0 Å². The van der Waals surface area contributed by atoms with Crippen molar-refractivity contribution in [2.75, 3.05) is 0 Å². The van der Waals surface area contributed by atoms with Crippen LogP contribution in [-0.4, -0.2) is 20.6 Å². The molecule has 0 saturated heterocycles. The Kier molecular flexibility index (Phi) is 3.60. The van der Waals surface area contributed by atoms with E-state index in [2.05, 4.69) is 32.0 Å². The molecule has 0 bridgehead atoms. The van der Waals surface area contributed by atoms with Gasteiger partial charge in [0, 0.05) is 24.3 Å². The topological polar surface area (TPSA) is 42.7 Å². The molecule has 3 aromatic rings. The number of pyridine rings is 1. The summed E-state index contributed by atoms with van der Waals surface area (Å²) in [5.41, 5.74) is 3.32. The standard InChI is InChI=1S/C18H20N4/c1-2-8-15(7-1)20-12-14-6-5-11-19-18(14)22-13-21-16-9-3-4-10-17(16)22/h3-6,9-11,13,15,20H,1-2,7-8,12H2. The first kappa shape index (κ1) is 13.5. The van der Waals surface area contributed by atoms with Crippen molar-refractivity contribution in [3.05, 3.63) is 54.5 Å². The second-order valence-electron chi connectivity index (χ2n) is 5.95. The Morgan fingerprint density at radius 3 is 2.82 bits per heavy atom. The highest BCUT2D eigenvalue weighted by Crippen LogP contribution is 2.21. The van der Waals surface area contributed by atoms with E-state index < -0.39 is 0 Å². The van der Waals surface area contributed by atoms with Crippen molar-refractivity contribution in [1.82, 2.24) is 19.9 Å². The Morgan fingerprint density at radius 2 is 1.91 bits per heavy atom. The minimum Gasteiger partial charge on any atom is -0.310 e. The van der Waals surface area contributed by atoms with E-state index in [1.54, 1.807) is 0 Å². The maximum atomic E-state index is 4.60. The summed E-state index contributed by atoms with van der Waals surface area (Å²) in [4.78, 5) is 9.08. The molecule has 112 valence electrons. The largest absolute Gasteiger partial charge is 0.310 e. The molecule has 0 atom stereocenters. The third kappa shape index (κ3) is 2.50. The minimum absolute atomic E-state index is 0.660. The van der Waals surface area contributed by atoms with Gasteiger partial charge in [-0.3, -0.25) is 4.57 Å². The monoisotopic (exact) mass is 292 g/mol. The molecule has 1 aromatic carbocycles.